The summed E-state index contributed by atoms with van der Waals surface area (Å²) >= 11 is 0. The molecule has 0 aliphatic carbocycles. The fraction of sp³-hybridized carbons (Fsp3) is 0.227. The molecule has 132 valence electrons. The summed E-state index contributed by atoms with van der Waals surface area (Å²) in [5.41, 5.74) is 2.38. The van der Waals surface area contributed by atoms with Gasteiger partial charge in [-0.05, 0) is 42.8 Å². The molecule has 1 aliphatic rings. The van der Waals surface area contributed by atoms with Crippen molar-refractivity contribution in [3.63, 3.8) is 0 Å². The Bertz CT molecular complexity index is 906. The van der Waals surface area contributed by atoms with Gasteiger partial charge in [0.25, 0.3) is 11.5 Å². The maximum atomic E-state index is 11.5. The van der Waals surface area contributed by atoms with Crippen LogP contribution in [-0.4, -0.2) is 18.8 Å². The summed E-state index contributed by atoms with van der Waals surface area (Å²) in [7, 11) is 1.66. The number of aryl methyl sites for hydroxylation is 1. The highest BCUT2D eigenvalue weighted by atomic mass is 16.5. The molecule has 4 heteroatoms. The highest BCUT2D eigenvalue weighted by molar-refractivity contribution is 5.60. The Hall–Kier alpha value is -2.85. The van der Waals surface area contributed by atoms with Gasteiger partial charge < -0.3 is 9.84 Å². The Kier molecular flexibility index (Phi) is 4.13. The van der Waals surface area contributed by atoms with Crippen LogP contribution >= 0.6 is 0 Å². The van der Waals surface area contributed by atoms with Gasteiger partial charge in [-0.15, -0.1) is 0 Å². The molecule has 0 saturated carbocycles. The average molecular weight is 347 g/mol. The second-order valence-electron chi connectivity index (χ2n) is 6.86. The number of methoxy groups -OCH3 is 1. The maximum absolute atomic E-state index is 11.5. The Labute approximate surface area is 153 Å². The number of ether oxygens (including phenoxy) is 1. The summed E-state index contributed by atoms with van der Waals surface area (Å²) in [5.74, 6) is 1.80. The first-order valence-corrected chi connectivity index (χ1v) is 8.80. The minimum atomic E-state index is -0.994. The largest absolute Gasteiger partial charge is 0.497 e. The van der Waals surface area contributed by atoms with Crippen LogP contribution in [0.25, 0.3) is 0 Å². The fourth-order valence-electron chi connectivity index (χ4n) is 3.58. The second kappa shape index (κ2) is 6.46. The van der Waals surface area contributed by atoms with E-state index in [0.29, 0.717) is 13.0 Å². The third kappa shape index (κ3) is 2.93. The van der Waals surface area contributed by atoms with Crippen LogP contribution in [0.15, 0.2) is 72.9 Å². The lowest BCUT2D eigenvalue weighted by atomic mass is 10.0. The lowest BCUT2D eigenvalue weighted by Crippen LogP contribution is -2.56. The number of aliphatic hydroxyl groups is 1. The summed E-state index contributed by atoms with van der Waals surface area (Å²) in [6.45, 7) is 2.57. The molecule has 0 spiro atoms. The van der Waals surface area contributed by atoms with Crippen LogP contribution in [0.5, 0.6) is 5.75 Å². The molecular formula is C22H23N2O2+. The lowest BCUT2D eigenvalue weighted by molar-refractivity contribution is -0.782. The van der Waals surface area contributed by atoms with E-state index in [-0.39, 0.29) is 0 Å². The topological polar surface area (TPSA) is 36.6 Å². The average Bonchev–Trinajstić information content (AvgIpc) is 2.97. The van der Waals surface area contributed by atoms with Crippen molar-refractivity contribution in [2.75, 3.05) is 18.6 Å². The van der Waals surface area contributed by atoms with Crippen molar-refractivity contribution in [3.8, 4) is 5.75 Å². The van der Waals surface area contributed by atoms with Crippen LogP contribution < -0.4 is 14.2 Å². The van der Waals surface area contributed by atoms with E-state index in [1.54, 1.807) is 7.11 Å². The molecule has 0 amide bonds. The summed E-state index contributed by atoms with van der Waals surface area (Å²) in [6.07, 6.45) is 2.51. The van der Waals surface area contributed by atoms with Crippen molar-refractivity contribution in [2.24, 2.45) is 0 Å². The zero-order chi connectivity index (χ0) is 18.1. The molecule has 0 fully saturated rings. The molecule has 4 rings (SSSR count). The van der Waals surface area contributed by atoms with Crippen LogP contribution in [0.1, 0.15) is 11.1 Å². The predicted octanol–water partition coefficient (Wildman–Crippen LogP) is 3.33. The summed E-state index contributed by atoms with van der Waals surface area (Å²) in [4.78, 5) is 2.15. The number of benzene rings is 2. The molecule has 2 aromatic carbocycles. The Morgan fingerprint density at radius 2 is 1.77 bits per heavy atom. The van der Waals surface area contributed by atoms with E-state index in [4.69, 9.17) is 4.74 Å². The van der Waals surface area contributed by atoms with Crippen LogP contribution in [0.4, 0.5) is 11.5 Å². The maximum Gasteiger partial charge on any atom is 0.284 e. The summed E-state index contributed by atoms with van der Waals surface area (Å²) < 4.78 is 7.23. The lowest BCUT2D eigenvalue weighted by Gasteiger charge is -2.19. The first-order valence-electron chi connectivity index (χ1n) is 8.80. The molecule has 0 unspecified atom stereocenters. The van der Waals surface area contributed by atoms with Crippen molar-refractivity contribution in [1.29, 1.82) is 0 Å². The first-order chi connectivity index (χ1) is 12.6. The van der Waals surface area contributed by atoms with E-state index in [2.05, 4.69) is 36.1 Å². The quantitative estimate of drug-likeness (QED) is 0.736. The van der Waals surface area contributed by atoms with Gasteiger partial charge in [-0.1, -0.05) is 35.9 Å². The van der Waals surface area contributed by atoms with Crippen LogP contribution in [0, 0.1) is 6.92 Å². The van der Waals surface area contributed by atoms with E-state index < -0.39 is 5.72 Å². The minimum absolute atomic E-state index is 0.497. The van der Waals surface area contributed by atoms with E-state index in [9.17, 15) is 5.11 Å². The number of anilines is 2. The molecule has 0 saturated heterocycles. The molecule has 2 heterocycles. The highest BCUT2D eigenvalue weighted by Gasteiger charge is 2.48. The van der Waals surface area contributed by atoms with Gasteiger partial charge in [0.1, 0.15) is 11.4 Å². The third-order valence-corrected chi connectivity index (χ3v) is 4.97. The van der Waals surface area contributed by atoms with Crippen LogP contribution in [0.3, 0.4) is 0 Å². The van der Waals surface area contributed by atoms with Gasteiger partial charge in [0.15, 0.2) is 6.54 Å². The highest BCUT2D eigenvalue weighted by Crippen LogP contribution is 2.33. The third-order valence-electron chi connectivity index (χ3n) is 4.97. The minimum Gasteiger partial charge on any atom is -0.497 e. The Morgan fingerprint density at radius 3 is 2.46 bits per heavy atom. The first kappa shape index (κ1) is 16.6. The fourth-order valence-corrected chi connectivity index (χ4v) is 3.58. The standard InChI is InChI=1S/C22H23N2O2/c1-17-6-8-18(9-7-17)15-22(25)16-23(21-5-3-4-14-24(21)22)19-10-12-20(26-2)13-11-19/h3-14,25H,15-16H2,1-2H3/q+1/t22-/m1/s1. The number of β-amino-alcohol motifs (C(OH)–C–C–N with tert-alkyl or cyclic N) is 1. The summed E-state index contributed by atoms with van der Waals surface area (Å²) in [6, 6.07) is 22.3. The van der Waals surface area contributed by atoms with E-state index >= 15 is 0 Å². The molecule has 1 atom stereocenters. The number of fused-ring (bicyclic) bond motifs is 1. The van der Waals surface area contributed by atoms with E-state index in [0.717, 1.165) is 22.8 Å². The van der Waals surface area contributed by atoms with Gasteiger partial charge in [-0.25, -0.2) is 9.47 Å². The normalized spacial score (nSPS) is 18.7. The molecule has 26 heavy (non-hydrogen) atoms. The van der Waals surface area contributed by atoms with E-state index in [1.165, 1.54) is 5.56 Å². The van der Waals surface area contributed by atoms with Gasteiger partial charge in [-0.2, -0.15) is 0 Å². The molecular weight excluding hydrogens is 324 g/mol. The van der Waals surface area contributed by atoms with Crippen molar-refractivity contribution < 1.29 is 14.4 Å². The SMILES string of the molecule is COc1ccc(N2C[C@](O)(Cc3ccc(C)cc3)[n+]3ccccc32)cc1. The molecule has 0 radical (unpaired) electrons. The summed E-state index contributed by atoms with van der Waals surface area (Å²) in [5, 5.41) is 11.5. The van der Waals surface area contributed by atoms with Gasteiger partial charge in [-0.3, -0.25) is 0 Å². The smallest absolute Gasteiger partial charge is 0.284 e. The molecule has 4 nitrogen and oxygen atoms in total. The molecule has 0 bridgehead atoms. The van der Waals surface area contributed by atoms with Gasteiger partial charge >= 0.3 is 0 Å². The second-order valence-corrected chi connectivity index (χ2v) is 6.86. The van der Waals surface area contributed by atoms with Crippen LogP contribution in [0.2, 0.25) is 0 Å². The van der Waals surface area contributed by atoms with Crippen molar-refractivity contribution in [2.45, 2.75) is 19.1 Å². The molecule has 1 aromatic heterocycles. The van der Waals surface area contributed by atoms with E-state index in [1.807, 2.05) is 53.2 Å². The molecule has 1 N–H and O–H groups in total. The zero-order valence-corrected chi connectivity index (χ0v) is 15.1. The Morgan fingerprint density at radius 1 is 1.04 bits per heavy atom. The molecule has 3 aromatic rings. The number of hydrogen-bond donors (Lipinski definition) is 1. The number of aromatic nitrogens is 1. The number of pyridine rings is 1. The van der Waals surface area contributed by atoms with Gasteiger partial charge in [0, 0.05) is 12.5 Å². The van der Waals surface area contributed by atoms with Crippen molar-refractivity contribution in [1.82, 2.24) is 0 Å². The number of nitrogens with zero attached hydrogens (tertiary/aromatic N) is 2. The van der Waals surface area contributed by atoms with Crippen molar-refractivity contribution in [3.05, 3.63) is 84.1 Å². The molecule has 1 aliphatic heterocycles. The zero-order valence-electron chi connectivity index (χ0n) is 15.1. The predicted molar refractivity (Wildman–Crippen MR) is 102 cm³/mol. The van der Waals surface area contributed by atoms with Crippen LogP contribution in [-0.2, 0) is 12.1 Å². The van der Waals surface area contributed by atoms with Gasteiger partial charge in [0.2, 0.25) is 0 Å². The number of rotatable bonds is 4. The number of hydrogen-bond acceptors (Lipinski definition) is 3. The Balaban J connectivity index is 1.70. The van der Waals surface area contributed by atoms with Gasteiger partial charge in [0.05, 0.1) is 13.3 Å². The monoisotopic (exact) mass is 347 g/mol. The van der Waals surface area contributed by atoms with Crippen molar-refractivity contribution >= 4 is 11.5 Å².